The minimum atomic E-state index is 0.467. The van der Waals surface area contributed by atoms with Gasteiger partial charge >= 0.3 is 0 Å². The molecular weight excluding hydrogens is 132 g/mol. The normalized spacial score (nSPS) is 9.80. The molecule has 0 aliphatic rings. The van der Waals surface area contributed by atoms with E-state index in [9.17, 15) is 0 Å². The van der Waals surface area contributed by atoms with Crippen LogP contribution in [0.3, 0.4) is 0 Å². The molecule has 1 N–H and O–H groups in total. The van der Waals surface area contributed by atoms with Gasteiger partial charge in [0.2, 0.25) is 0 Å². The number of hydroxylamine groups is 2. The molecule has 4 nitrogen and oxygen atoms in total. The van der Waals surface area contributed by atoms with Gasteiger partial charge in [-0.2, -0.15) is 5.26 Å². The fraction of sp³-hybridized carbons (Fsp3) is 0.833. The smallest absolute Gasteiger partial charge is 0.0711 e. The third kappa shape index (κ3) is 7.37. The summed E-state index contributed by atoms with van der Waals surface area (Å²) in [5, 5.41) is 17.3. The van der Waals surface area contributed by atoms with Crippen LogP contribution < -0.4 is 0 Å². The third-order valence-corrected chi connectivity index (χ3v) is 0.961. The summed E-state index contributed by atoms with van der Waals surface area (Å²) in [5.74, 6) is 0. The number of hydrogen-bond acceptors (Lipinski definition) is 4. The van der Waals surface area contributed by atoms with Crippen LogP contribution in [0.2, 0.25) is 0 Å². The molecule has 10 heavy (non-hydrogen) atoms. The molecule has 0 fully saturated rings. The average Bonchev–Trinajstić information content (AvgIpc) is 1.87. The maximum atomic E-state index is 8.45. The monoisotopic (exact) mass is 144 g/mol. The van der Waals surface area contributed by atoms with Gasteiger partial charge < -0.3 is 0 Å². The zero-order valence-corrected chi connectivity index (χ0v) is 6.08. The first kappa shape index (κ1) is 9.37. The summed E-state index contributed by atoms with van der Waals surface area (Å²) in [6.07, 6.45) is 2.18. The summed E-state index contributed by atoms with van der Waals surface area (Å²) in [7, 11) is 1.41. The zero-order valence-electron chi connectivity index (χ0n) is 6.08. The highest BCUT2D eigenvalue weighted by molar-refractivity contribution is 4.67. The summed E-state index contributed by atoms with van der Waals surface area (Å²) in [6.45, 7) is 0.467. The molecule has 58 valence electrons. The third-order valence-electron chi connectivity index (χ3n) is 0.961. The van der Waals surface area contributed by atoms with Crippen LogP contribution in [-0.2, 0) is 4.84 Å². The maximum absolute atomic E-state index is 8.45. The topological polar surface area (TPSA) is 56.5 Å². The summed E-state index contributed by atoms with van der Waals surface area (Å²) in [5.41, 5.74) is 0. The van der Waals surface area contributed by atoms with Crippen molar-refractivity contribution in [3.8, 4) is 6.07 Å². The SMILES string of the molecule is CN(O)OCCCCC#N. The summed E-state index contributed by atoms with van der Waals surface area (Å²) in [6, 6.07) is 2.02. The molecule has 0 amide bonds. The van der Waals surface area contributed by atoms with Crippen molar-refractivity contribution in [2.24, 2.45) is 0 Å². The summed E-state index contributed by atoms with van der Waals surface area (Å²) < 4.78 is 0. The lowest BCUT2D eigenvalue weighted by atomic mass is 10.3. The van der Waals surface area contributed by atoms with Crippen LogP contribution in [0.4, 0.5) is 0 Å². The van der Waals surface area contributed by atoms with E-state index in [0.717, 1.165) is 12.8 Å². The van der Waals surface area contributed by atoms with Gasteiger partial charge in [0, 0.05) is 13.5 Å². The number of nitriles is 1. The first-order valence-corrected chi connectivity index (χ1v) is 3.20. The average molecular weight is 144 g/mol. The fourth-order valence-corrected chi connectivity index (χ4v) is 0.503. The molecule has 4 heteroatoms. The predicted octanol–water partition coefficient (Wildman–Crippen LogP) is 0.933. The maximum Gasteiger partial charge on any atom is 0.0711 e. The lowest BCUT2D eigenvalue weighted by molar-refractivity contribution is -0.323. The second kappa shape index (κ2) is 6.49. The van der Waals surface area contributed by atoms with Crippen molar-refractivity contribution in [2.45, 2.75) is 19.3 Å². The summed E-state index contributed by atoms with van der Waals surface area (Å²) >= 11 is 0. The molecule has 0 atom stereocenters. The number of nitrogens with zero attached hydrogens (tertiary/aromatic N) is 2. The van der Waals surface area contributed by atoms with Crippen LogP contribution in [0, 0.1) is 11.3 Å². The van der Waals surface area contributed by atoms with E-state index >= 15 is 0 Å². The molecule has 0 spiro atoms. The van der Waals surface area contributed by atoms with Gasteiger partial charge in [0.15, 0.2) is 0 Å². The quantitative estimate of drug-likeness (QED) is 0.460. The Morgan fingerprint density at radius 2 is 2.30 bits per heavy atom. The van der Waals surface area contributed by atoms with Crippen LogP contribution >= 0.6 is 0 Å². The zero-order chi connectivity index (χ0) is 7.82. The molecular formula is C6H12N2O2. The van der Waals surface area contributed by atoms with Crippen molar-refractivity contribution in [2.75, 3.05) is 13.7 Å². The van der Waals surface area contributed by atoms with Crippen molar-refractivity contribution < 1.29 is 10.0 Å². The lowest BCUT2D eigenvalue weighted by Crippen LogP contribution is -2.13. The van der Waals surface area contributed by atoms with Gasteiger partial charge in [0.05, 0.1) is 12.7 Å². The first-order valence-electron chi connectivity index (χ1n) is 3.20. The van der Waals surface area contributed by atoms with Gasteiger partial charge in [0.25, 0.3) is 0 Å². The Hall–Kier alpha value is -0.630. The van der Waals surface area contributed by atoms with Crippen LogP contribution in [-0.4, -0.2) is 24.1 Å². The second-order valence-electron chi connectivity index (χ2n) is 1.91. The molecule has 0 rings (SSSR count). The molecule has 0 aliphatic carbocycles. The van der Waals surface area contributed by atoms with Gasteiger partial charge in [0.1, 0.15) is 0 Å². The van der Waals surface area contributed by atoms with Crippen LogP contribution in [0.5, 0.6) is 0 Å². The van der Waals surface area contributed by atoms with E-state index < -0.39 is 0 Å². The standard InChI is InChI=1S/C6H12N2O2/c1-8(9)10-6-4-2-3-5-7/h9H,2-4,6H2,1H3. The van der Waals surface area contributed by atoms with Crippen LogP contribution in [0.25, 0.3) is 0 Å². The highest BCUT2D eigenvalue weighted by atomic mass is 16.9. The van der Waals surface area contributed by atoms with Crippen LogP contribution in [0.1, 0.15) is 19.3 Å². The molecule has 0 aromatic heterocycles. The molecule has 0 saturated heterocycles. The molecule has 0 heterocycles. The largest absolute Gasteiger partial charge is 0.290 e. The number of hydrogen-bond donors (Lipinski definition) is 1. The molecule has 0 unspecified atom stereocenters. The Labute approximate surface area is 60.5 Å². The number of unbranched alkanes of at least 4 members (excludes halogenated alkanes) is 2. The Bertz CT molecular complexity index is 109. The highest BCUT2D eigenvalue weighted by Gasteiger charge is 1.90. The Balaban J connectivity index is 2.86. The molecule has 0 aliphatic heterocycles. The Morgan fingerprint density at radius 1 is 1.60 bits per heavy atom. The lowest BCUT2D eigenvalue weighted by Gasteiger charge is -2.06. The van der Waals surface area contributed by atoms with E-state index in [2.05, 4.69) is 4.84 Å². The van der Waals surface area contributed by atoms with Crippen molar-refractivity contribution in [3.05, 3.63) is 0 Å². The van der Waals surface area contributed by atoms with Gasteiger partial charge in [-0.25, -0.2) is 0 Å². The van der Waals surface area contributed by atoms with E-state index in [1.54, 1.807) is 0 Å². The van der Waals surface area contributed by atoms with E-state index in [1.165, 1.54) is 7.05 Å². The van der Waals surface area contributed by atoms with Crippen molar-refractivity contribution in [3.63, 3.8) is 0 Å². The Kier molecular flexibility index (Phi) is 6.08. The van der Waals surface area contributed by atoms with Crippen molar-refractivity contribution in [1.82, 2.24) is 5.23 Å². The number of rotatable bonds is 5. The fourth-order valence-electron chi connectivity index (χ4n) is 0.503. The van der Waals surface area contributed by atoms with Gasteiger partial charge in [-0.1, -0.05) is 5.23 Å². The van der Waals surface area contributed by atoms with E-state index in [1.807, 2.05) is 6.07 Å². The van der Waals surface area contributed by atoms with Gasteiger partial charge in [-0.05, 0) is 12.8 Å². The van der Waals surface area contributed by atoms with E-state index in [4.69, 9.17) is 10.5 Å². The second-order valence-corrected chi connectivity index (χ2v) is 1.91. The molecule has 0 aromatic carbocycles. The minimum Gasteiger partial charge on any atom is -0.290 e. The Morgan fingerprint density at radius 3 is 2.80 bits per heavy atom. The predicted molar refractivity (Wildman–Crippen MR) is 35.0 cm³/mol. The highest BCUT2D eigenvalue weighted by Crippen LogP contribution is 1.94. The van der Waals surface area contributed by atoms with E-state index in [-0.39, 0.29) is 0 Å². The van der Waals surface area contributed by atoms with Gasteiger partial charge in [-0.3, -0.25) is 10.0 Å². The molecule has 0 aromatic rings. The molecule has 0 bridgehead atoms. The van der Waals surface area contributed by atoms with Crippen molar-refractivity contribution >= 4 is 0 Å². The summed E-state index contributed by atoms with van der Waals surface area (Å²) in [4.78, 5) is 4.67. The minimum absolute atomic E-state index is 0.467. The van der Waals surface area contributed by atoms with Crippen molar-refractivity contribution in [1.29, 1.82) is 5.26 Å². The van der Waals surface area contributed by atoms with Gasteiger partial charge in [-0.15, -0.1) is 0 Å². The first-order chi connectivity index (χ1) is 4.77. The molecule has 0 radical (unpaired) electrons. The van der Waals surface area contributed by atoms with Crippen LogP contribution in [0.15, 0.2) is 0 Å². The van der Waals surface area contributed by atoms with E-state index in [0.29, 0.717) is 18.3 Å². The molecule has 0 saturated carbocycles.